The maximum absolute atomic E-state index is 2.64. The molecule has 0 spiro atoms. The Morgan fingerprint density at radius 1 is 0.314 bits per heavy atom. The van der Waals surface area contributed by atoms with Gasteiger partial charge in [-0.15, -0.1) is 0 Å². The van der Waals surface area contributed by atoms with Crippen molar-refractivity contribution in [3.63, 3.8) is 0 Å². The van der Waals surface area contributed by atoms with E-state index in [1.54, 1.807) is 0 Å². The van der Waals surface area contributed by atoms with Gasteiger partial charge in [0, 0.05) is 13.1 Å². The van der Waals surface area contributed by atoms with Gasteiger partial charge in [-0.25, -0.2) is 0 Å². The van der Waals surface area contributed by atoms with Crippen LogP contribution in [0.1, 0.15) is 194 Å². The SMILES string of the molecule is CCCCCCCCCCCCCCCCN1CN(CN2CN(CCCCCCCCCCCCCCCC)c3ccccc32)c2ccccc21. The molecule has 2 heterocycles. The van der Waals surface area contributed by atoms with Crippen molar-refractivity contribution in [2.45, 2.75) is 194 Å². The zero-order valence-corrected chi connectivity index (χ0v) is 33.7. The number of rotatable bonds is 32. The van der Waals surface area contributed by atoms with Crippen LogP contribution in [0.4, 0.5) is 22.7 Å². The van der Waals surface area contributed by atoms with Crippen molar-refractivity contribution in [3.05, 3.63) is 48.5 Å². The second-order valence-electron chi connectivity index (χ2n) is 16.2. The lowest BCUT2D eigenvalue weighted by Crippen LogP contribution is -2.42. The van der Waals surface area contributed by atoms with Crippen LogP contribution in [0.25, 0.3) is 0 Å². The summed E-state index contributed by atoms with van der Waals surface area (Å²) in [5.74, 6) is 0. The highest BCUT2D eigenvalue weighted by molar-refractivity contribution is 5.79. The lowest BCUT2D eigenvalue weighted by molar-refractivity contribution is 0.534. The average molecular weight is 701 g/mol. The summed E-state index contributed by atoms with van der Waals surface area (Å²) in [6, 6.07) is 18.3. The summed E-state index contributed by atoms with van der Waals surface area (Å²) in [4.78, 5) is 10.5. The molecule has 2 aromatic rings. The second kappa shape index (κ2) is 26.4. The fourth-order valence-corrected chi connectivity index (χ4v) is 8.54. The molecular weight excluding hydrogens is 621 g/mol. The fourth-order valence-electron chi connectivity index (χ4n) is 8.54. The number of hydrogen-bond acceptors (Lipinski definition) is 4. The molecule has 0 aliphatic carbocycles. The van der Waals surface area contributed by atoms with Gasteiger partial charge in [-0.2, -0.15) is 0 Å². The Hall–Kier alpha value is -2.36. The Morgan fingerprint density at radius 3 is 0.824 bits per heavy atom. The highest BCUT2D eigenvalue weighted by Gasteiger charge is 2.30. The van der Waals surface area contributed by atoms with Gasteiger partial charge in [0.15, 0.2) is 0 Å². The Labute approximate surface area is 316 Å². The molecule has 2 aliphatic rings. The van der Waals surface area contributed by atoms with Gasteiger partial charge in [0.1, 0.15) is 0 Å². The number of fused-ring (bicyclic) bond motifs is 2. The summed E-state index contributed by atoms with van der Waals surface area (Å²) in [5.41, 5.74) is 5.68. The van der Waals surface area contributed by atoms with E-state index >= 15 is 0 Å². The molecule has 51 heavy (non-hydrogen) atoms. The molecule has 0 amide bonds. The third-order valence-corrected chi connectivity index (χ3v) is 11.7. The Morgan fingerprint density at radius 2 is 0.549 bits per heavy atom. The first kappa shape index (κ1) is 41.4. The summed E-state index contributed by atoms with van der Waals surface area (Å²) < 4.78 is 0. The number of hydrogen-bond donors (Lipinski definition) is 0. The van der Waals surface area contributed by atoms with Crippen LogP contribution in [0.2, 0.25) is 0 Å². The van der Waals surface area contributed by atoms with E-state index in [1.807, 2.05) is 0 Å². The zero-order valence-electron chi connectivity index (χ0n) is 33.7. The van der Waals surface area contributed by atoms with Gasteiger partial charge in [0.05, 0.1) is 42.8 Å². The molecule has 2 aromatic carbocycles. The lowest BCUT2D eigenvalue weighted by Gasteiger charge is -2.29. The predicted molar refractivity (Wildman–Crippen MR) is 228 cm³/mol. The average Bonchev–Trinajstić information content (AvgIpc) is 3.69. The van der Waals surface area contributed by atoms with E-state index < -0.39 is 0 Å². The van der Waals surface area contributed by atoms with Crippen LogP contribution >= 0.6 is 0 Å². The first-order valence-corrected chi connectivity index (χ1v) is 22.5. The molecule has 0 radical (unpaired) electrons. The van der Waals surface area contributed by atoms with Crippen molar-refractivity contribution >= 4 is 22.7 Å². The number of benzene rings is 2. The third kappa shape index (κ3) is 15.6. The zero-order chi connectivity index (χ0) is 35.6. The molecule has 0 saturated heterocycles. The summed E-state index contributed by atoms with van der Waals surface area (Å²) >= 11 is 0. The summed E-state index contributed by atoms with van der Waals surface area (Å²) in [7, 11) is 0. The molecule has 4 rings (SSSR count). The molecule has 2 aliphatic heterocycles. The minimum absolute atomic E-state index is 0.957. The van der Waals surface area contributed by atoms with Crippen LogP contribution < -0.4 is 19.6 Å². The Balaban J connectivity index is 1.08. The molecule has 0 N–H and O–H groups in total. The van der Waals surface area contributed by atoms with Crippen LogP contribution in [0, 0.1) is 0 Å². The van der Waals surface area contributed by atoms with Crippen LogP contribution in [0.3, 0.4) is 0 Å². The standard InChI is InChI=1S/C47H80N4/c1-3-5-7-9-11-13-15-17-19-21-23-25-27-33-39-48-41-50(46-37-31-29-35-44(46)48)43-51-42-49(45-36-30-32-38-47(45)51)40-34-28-26-24-22-20-18-16-14-12-10-8-6-4-2/h29-32,35-38H,3-28,33-34,39-43H2,1-2H3. The Bertz CT molecular complexity index is 1050. The van der Waals surface area contributed by atoms with Crippen molar-refractivity contribution in [2.24, 2.45) is 0 Å². The minimum atomic E-state index is 0.957. The van der Waals surface area contributed by atoms with Gasteiger partial charge < -0.3 is 19.6 Å². The van der Waals surface area contributed by atoms with Crippen LogP contribution in [-0.2, 0) is 0 Å². The van der Waals surface area contributed by atoms with Crippen molar-refractivity contribution in [1.82, 2.24) is 0 Å². The topological polar surface area (TPSA) is 13.0 Å². The van der Waals surface area contributed by atoms with Crippen molar-refractivity contribution < 1.29 is 0 Å². The van der Waals surface area contributed by atoms with Gasteiger partial charge in [0.2, 0.25) is 0 Å². The first-order valence-electron chi connectivity index (χ1n) is 22.5. The Kier molecular flexibility index (Phi) is 21.4. The molecule has 0 atom stereocenters. The molecule has 288 valence electrons. The third-order valence-electron chi connectivity index (χ3n) is 11.7. The van der Waals surface area contributed by atoms with E-state index in [0.29, 0.717) is 0 Å². The maximum atomic E-state index is 2.64. The van der Waals surface area contributed by atoms with Gasteiger partial charge in [-0.3, -0.25) is 0 Å². The molecule has 4 nitrogen and oxygen atoms in total. The molecule has 0 aromatic heterocycles. The monoisotopic (exact) mass is 701 g/mol. The number of unbranched alkanes of at least 4 members (excludes halogenated alkanes) is 26. The number of para-hydroxylation sites is 4. The number of anilines is 4. The molecule has 0 unspecified atom stereocenters. The van der Waals surface area contributed by atoms with Gasteiger partial charge in [0.25, 0.3) is 0 Å². The van der Waals surface area contributed by atoms with Crippen LogP contribution in [0.15, 0.2) is 48.5 Å². The first-order chi connectivity index (χ1) is 25.3. The minimum Gasteiger partial charge on any atom is -0.352 e. The number of nitrogens with zero attached hydrogens (tertiary/aromatic N) is 4. The van der Waals surface area contributed by atoms with Gasteiger partial charge in [-0.05, 0) is 37.1 Å². The summed E-state index contributed by atoms with van der Waals surface area (Å²) in [5, 5.41) is 0. The quantitative estimate of drug-likeness (QED) is 0.0704. The predicted octanol–water partition coefficient (Wildman–Crippen LogP) is 14.5. The molecule has 0 fully saturated rings. The molecular formula is C47H80N4. The van der Waals surface area contributed by atoms with E-state index in [2.05, 4.69) is 82.0 Å². The summed E-state index contributed by atoms with van der Waals surface area (Å²) in [6.07, 6.45) is 39.8. The van der Waals surface area contributed by atoms with Crippen molar-refractivity contribution in [2.75, 3.05) is 52.7 Å². The fraction of sp³-hybridized carbons (Fsp3) is 0.745. The smallest absolute Gasteiger partial charge is 0.0939 e. The van der Waals surface area contributed by atoms with Crippen LogP contribution in [0.5, 0.6) is 0 Å². The van der Waals surface area contributed by atoms with E-state index in [9.17, 15) is 0 Å². The van der Waals surface area contributed by atoms with E-state index in [-0.39, 0.29) is 0 Å². The summed E-state index contributed by atoms with van der Waals surface area (Å²) in [6.45, 7) is 9.94. The van der Waals surface area contributed by atoms with E-state index in [1.165, 1.54) is 216 Å². The normalized spacial score (nSPS) is 13.8. The van der Waals surface area contributed by atoms with Crippen molar-refractivity contribution in [3.8, 4) is 0 Å². The largest absolute Gasteiger partial charge is 0.352 e. The van der Waals surface area contributed by atoms with Gasteiger partial charge >= 0.3 is 0 Å². The second-order valence-corrected chi connectivity index (χ2v) is 16.2. The highest BCUT2D eigenvalue weighted by atomic mass is 15.5. The molecule has 0 saturated carbocycles. The van der Waals surface area contributed by atoms with Gasteiger partial charge in [-0.1, -0.05) is 205 Å². The highest BCUT2D eigenvalue weighted by Crippen LogP contribution is 2.40. The van der Waals surface area contributed by atoms with Crippen molar-refractivity contribution in [1.29, 1.82) is 0 Å². The van der Waals surface area contributed by atoms with Crippen LogP contribution in [-0.4, -0.2) is 33.1 Å². The lowest BCUT2D eigenvalue weighted by atomic mass is 10.0. The molecule has 0 bridgehead atoms. The van der Waals surface area contributed by atoms with E-state index in [4.69, 9.17) is 0 Å². The maximum Gasteiger partial charge on any atom is 0.0939 e. The molecule has 4 heteroatoms. The van der Waals surface area contributed by atoms with E-state index in [0.717, 1.165) is 20.0 Å².